The predicted octanol–water partition coefficient (Wildman–Crippen LogP) is 4.29. The highest BCUT2D eigenvalue weighted by Gasteiger charge is 2.25. The summed E-state index contributed by atoms with van der Waals surface area (Å²) in [6.45, 7) is 0. The third-order valence-corrected chi connectivity index (χ3v) is 4.35. The number of halogens is 3. The Kier molecular flexibility index (Phi) is 3.77. The summed E-state index contributed by atoms with van der Waals surface area (Å²) in [5.74, 6) is -0.541. The minimum atomic E-state index is -0.613. The summed E-state index contributed by atoms with van der Waals surface area (Å²) in [7, 11) is 0. The van der Waals surface area contributed by atoms with Crippen LogP contribution in [0.3, 0.4) is 0 Å². The molecule has 4 nitrogen and oxygen atoms in total. The molecular weight excluding hydrogens is 409 g/mol. The topological polar surface area (TPSA) is 51.8 Å². The van der Waals surface area contributed by atoms with E-state index in [1.807, 2.05) is 0 Å². The van der Waals surface area contributed by atoms with E-state index in [1.165, 1.54) is 24.3 Å². The predicted molar refractivity (Wildman–Crippen MR) is 81.1 cm³/mol. The second kappa shape index (κ2) is 5.57. The van der Waals surface area contributed by atoms with Gasteiger partial charge in [-0.1, -0.05) is 6.07 Å². The normalized spacial score (nSPS) is 16.2. The summed E-state index contributed by atoms with van der Waals surface area (Å²) < 4.78 is 24.8. The van der Waals surface area contributed by atoms with Crippen molar-refractivity contribution in [1.82, 2.24) is 0 Å². The van der Waals surface area contributed by atoms with Crippen LogP contribution in [-0.2, 0) is 9.53 Å². The van der Waals surface area contributed by atoms with Crippen molar-refractivity contribution >= 4 is 49.8 Å². The molecule has 0 saturated carbocycles. The average Bonchev–Trinajstić information content (AvgIpc) is 2.94. The van der Waals surface area contributed by atoms with Crippen LogP contribution in [0.5, 0.6) is 0 Å². The number of benzene rings is 1. The lowest BCUT2D eigenvalue weighted by Crippen LogP contribution is -2.05. The monoisotopic (exact) mass is 413 g/mol. The molecule has 0 aliphatic carbocycles. The SMILES string of the molecule is O=C1OC(c2cccc(F)c2)=N/C1=C\c1cc(Br)c(Br)o1. The summed E-state index contributed by atoms with van der Waals surface area (Å²) in [5, 5.41) is 0. The summed E-state index contributed by atoms with van der Waals surface area (Å²) in [5.41, 5.74) is 0.483. The highest BCUT2D eigenvalue weighted by Crippen LogP contribution is 2.29. The maximum Gasteiger partial charge on any atom is 0.363 e. The molecule has 0 bridgehead atoms. The van der Waals surface area contributed by atoms with Gasteiger partial charge in [0.1, 0.15) is 11.6 Å². The van der Waals surface area contributed by atoms with Crippen LogP contribution in [0.4, 0.5) is 4.39 Å². The van der Waals surface area contributed by atoms with Gasteiger partial charge in [-0.15, -0.1) is 0 Å². The smallest absolute Gasteiger partial charge is 0.363 e. The van der Waals surface area contributed by atoms with Gasteiger partial charge >= 0.3 is 5.97 Å². The van der Waals surface area contributed by atoms with Crippen LogP contribution in [0.1, 0.15) is 11.3 Å². The van der Waals surface area contributed by atoms with E-state index in [9.17, 15) is 9.18 Å². The number of esters is 1. The number of aliphatic imine (C=N–C) groups is 1. The Morgan fingerprint density at radius 1 is 1.24 bits per heavy atom. The van der Waals surface area contributed by atoms with Gasteiger partial charge in [0.05, 0.1) is 4.47 Å². The first kappa shape index (κ1) is 14.2. The molecule has 1 aliphatic rings. The molecule has 106 valence electrons. The van der Waals surface area contributed by atoms with Gasteiger partial charge in [0.25, 0.3) is 0 Å². The summed E-state index contributed by atoms with van der Waals surface area (Å²) in [6, 6.07) is 7.35. The van der Waals surface area contributed by atoms with Gasteiger partial charge in [-0.2, -0.15) is 0 Å². The van der Waals surface area contributed by atoms with Gasteiger partial charge in [0, 0.05) is 11.6 Å². The zero-order valence-corrected chi connectivity index (χ0v) is 13.4. The lowest BCUT2D eigenvalue weighted by atomic mass is 10.2. The molecule has 0 radical (unpaired) electrons. The van der Waals surface area contributed by atoms with E-state index in [0.29, 0.717) is 16.0 Å². The van der Waals surface area contributed by atoms with Crippen LogP contribution in [-0.4, -0.2) is 11.9 Å². The van der Waals surface area contributed by atoms with E-state index >= 15 is 0 Å². The molecule has 1 aromatic heterocycles. The third kappa shape index (κ3) is 2.98. The van der Waals surface area contributed by atoms with E-state index < -0.39 is 11.8 Å². The molecule has 3 rings (SSSR count). The molecule has 1 aromatic carbocycles. The van der Waals surface area contributed by atoms with Gasteiger partial charge in [0.15, 0.2) is 10.4 Å². The molecule has 0 N–H and O–H groups in total. The Balaban J connectivity index is 1.95. The number of hydrogen-bond donors (Lipinski definition) is 0. The number of carbonyl (C=O) groups excluding carboxylic acids is 1. The minimum Gasteiger partial charge on any atom is -0.449 e. The average molecular weight is 415 g/mol. The third-order valence-electron chi connectivity index (χ3n) is 2.64. The molecule has 0 fully saturated rings. The lowest BCUT2D eigenvalue weighted by molar-refractivity contribution is -0.129. The first-order valence-electron chi connectivity index (χ1n) is 5.76. The van der Waals surface area contributed by atoms with Crippen molar-refractivity contribution in [1.29, 1.82) is 0 Å². The largest absolute Gasteiger partial charge is 0.449 e. The zero-order chi connectivity index (χ0) is 15.0. The fraction of sp³-hybridized carbons (Fsp3) is 0. The highest BCUT2D eigenvalue weighted by atomic mass is 79.9. The molecule has 2 heterocycles. The van der Waals surface area contributed by atoms with Gasteiger partial charge in [-0.3, -0.25) is 0 Å². The zero-order valence-electron chi connectivity index (χ0n) is 10.3. The van der Waals surface area contributed by atoms with E-state index in [1.54, 1.807) is 12.1 Å². The minimum absolute atomic E-state index is 0.0652. The van der Waals surface area contributed by atoms with E-state index in [0.717, 1.165) is 4.47 Å². The van der Waals surface area contributed by atoms with Crippen molar-refractivity contribution in [2.45, 2.75) is 0 Å². The Bertz CT molecular complexity index is 776. The molecule has 21 heavy (non-hydrogen) atoms. The second-order valence-corrected chi connectivity index (χ2v) is 5.69. The molecule has 7 heteroatoms. The Hall–Kier alpha value is -1.73. The Labute approximate surface area is 135 Å². The first-order chi connectivity index (χ1) is 10.0. The number of carbonyl (C=O) groups is 1. The van der Waals surface area contributed by atoms with Crippen molar-refractivity contribution in [3.8, 4) is 0 Å². The van der Waals surface area contributed by atoms with Crippen LogP contribution in [0.15, 0.2) is 54.6 Å². The first-order valence-corrected chi connectivity index (χ1v) is 7.35. The molecular formula is C14H6Br2FNO3. The van der Waals surface area contributed by atoms with Crippen molar-refractivity contribution in [3.63, 3.8) is 0 Å². The van der Waals surface area contributed by atoms with Crippen LogP contribution in [0, 0.1) is 5.82 Å². The molecule has 0 spiro atoms. The second-order valence-electron chi connectivity index (χ2n) is 4.12. The number of rotatable bonds is 2. The van der Waals surface area contributed by atoms with Crippen molar-refractivity contribution in [2.75, 3.05) is 0 Å². The number of furan rings is 1. The lowest BCUT2D eigenvalue weighted by Gasteiger charge is -1.98. The van der Waals surface area contributed by atoms with E-state index in [2.05, 4.69) is 36.9 Å². The van der Waals surface area contributed by atoms with Crippen molar-refractivity contribution < 1.29 is 18.3 Å². The molecule has 0 unspecified atom stereocenters. The summed E-state index contributed by atoms with van der Waals surface area (Å²) >= 11 is 6.47. The maximum atomic E-state index is 13.2. The van der Waals surface area contributed by atoms with Gasteiger partial charge < -0.3 is 9.15 Å². The maximum absolute atomic E-state index is 13.2. The number of hydrogen-bond acceptors (Lipinski definition) is 4. The Morgan fingerprint density at radius 3 is 2.71 bits per heavy atom. The van der Waals surface area contributed by atoms with Crippen LogP contribution in [0.2, 0.25) is 0 Å². The van der Waals surface area contributed by atoms with Gasteiger partial charge in [-0.25, -0.2) is 14.2 Å². The number of ether oxygens (including phenoxy) is 1. The Morgan fingerprint density at radius 2 is 2.05 bits per heavy atom. The number of nitrogens with zero attached hydrogens (tertiary/aromatic N) is 1. The fourth-order valence-electron chi connectivity index (χ4n) is 1.72. The van der Waals surface area contributed by atoms with Crippen molar-refractivity contribution in [2.24, 2.45) is 4.99 Å². The molecule has 0 saturated heterocycles. The summed E-state index contributed by atoms with van der Waals surface area (Å²) in [4.78, 5) is 15.8. The molecule has 1 aliphatic heterocycles. The molecule has 0 amide bonds. The quantitative estimate of drug-likeness (QED) is 0.544. The molecule has 0 atom stereocenters. The number of cyclic esters (lactones) is 1. The fourth-order valence-corrected chi connectivity index (χ4v) is 2.33. The van der Waals surface area contributed by atoms with Gasteiger partial charge in [-0.05, 0) is 56.1 Å². The van der Waals surface area contributed by atoms with Crippen LogP contribution >= 0.6 is 31.9 Å². The van der Waals surface area contributed by atoms with Crippen molar-refractivity contribution in [3.05, 3.63) is 62.3 Å². The standard InChI is InChI=1S/C14H6Br2FNO3/c15-10-5-9(20-12(10)16)6-11-14(19)21-13(18-11)7-2-1-3-8(17)4-7/h1-6H/b11-6-. The molecule has 2 aromatic rings. The van der Waals surface area contributed by atoms with Gasteiger partial charge in [0.2, 0.25) is 5.90 Å². The van der Waals surface area contributed by atoms with E-state index in [-0.39, 0.29) is 11.6 Å². The van der Waals surface area contributed by atoms with Crippen LogP contribution in [0.25, 0.3) is 6.08 Å². The summed E-state index contributed by atoms with van der Waals surface area (Å²) in [6.07, 6.45) is 1.45. The van der Waals surface area contributed by atoms with Crippen LogP contribution < -0.4 is 0 Å². The highest BCUT2D eigenvalue weighted by molar-refractivity contribution is 9.13. The van der Waals surface area contributed by atoms with E-state index in [4.69, 9.17) is 9.15 Å².